The topological polar surface area (TPSA) is 37.3 Å². The monoisotopic (exact) mass is 232 g/mol. The van der Waals surface area contributed by atoms with Crippen molar-refractivity contribution in [2.75, 3.05) is 0 Å². The summed E-state index contributed by atoms with van der Waals surface area (Å²) in [6.45, 7) is 1.36. The third kappa shape index (κ3) is 2.98. The van der Waals surface area contributed by atoms with E-state index in [1.807, 2.05) is 0 Å². The number of halogens is 3. The smallest absolute Gasteiger partial charge is 0.416 e. The first-order valence-corrected chi connectivity index (χ1v) is 4.70. The molecule has 0 aromatic heterocycles. The number of alkyl halides is 3. The van der Waals surface area contributed by atoms with Crippen molar-refractivity contribution in [3.8, 4) is 0 Å². The molecule has 1 N–H and O–H groups in total. The summed E-state index contributed by atoms with van der Waals surface area (Å²) in [6.07, 6.45) is -4.43. The number of rotatable bonds is 3. The van der Waals surface area contributed by atoms with Gasteiger partial charge in [-0.2, -0.15) is 13.2 Å². The van der Waals surface area contributed by atoms with E-state index in [-0.39, 0.29) is 18.4 Å². The van der Waals surface area contributed by atoms with Gasteiger partial charge in [0.1, 0.15) is 0 Å². The van der Waals surface area contributed by atoms with Crippen molar-refractivity contribution in [2.24, 2.45) is 0 Å². The van der Waals surface area contributed by atoms with Gasteiger partial charge in [-0.05, 0) is 30.5 Å². The number of carboxylic acid groups (broad SMARTS) is 1. The predicted molar refractivity (Wildman–Crippen MR) is 52.1 cm³/mol. The number of benzene rings is 1. The summed E-state index contributed by atoms with van der Waals surface area (Å²) in [5, 5.41) is 8.47. The Morgan fingerprint density at radius 2 is 2.00 bits per heavy atom. The maximum Gasteiger partial charge on any atom is 0.416 e. The van der Waals surface area contributed by atoms with Crippen LogP contribution in [-0.4, -0.2) is 11.1 Å². The van der Waals surface area contributed by atoms with Crippen LogP contribution in [0.3, 0.4) is 0 Å². The quantitative estimate of drug-likeness (QED) is 0.869. The summed E-state index contributed by atoms with van der Waals surface area (Å²) in [7, 11) is 0. The predicted octanol–water partition coefficient (Wildman–Crippen LogP) is 3.03. The lowest BCUT2D eigenvalue weighted by atomic mass is 9.98. The van der Waals surface area contributed by atoms with Crippen LogP contribution in [0.25, 0.3) is 0 Å². The summed E-state index contributed by atoms with van der Waals surface area (Å²) in [6, 6.07) is 3.82. The van der Waals surface area contributed by atoms with Crippen molar-refractivity contribution >= 4 is 5.97 Å². The third-order valence-electron chi connectivity index (χ3n) is 2.36. The Morgan fingerprint density at radius 1 is 1.38 bits per heavy atom. The Kier molecular flexibility index (Phi) is 3.57. The van der Waals surface area contributed by atoms with E-state index in [2.05, 4.69) is 0 Å². The van der Waals surface area contributed by atoms with Gasteiger partial charge < -0.3 is 5.11 Å². The zero-order chi connectivity index (χ0) is 12.3. The summed E-state index contributed by atoms with van der Waals surface area (Å²) >= 11 is 0. The van der Waals surface area contributed by atoms with Crippen LogP contribution in [0, 0.1) is 6.92 Å². The zero-order valence-electron chi connectivity index (χ0n) is 8.64. The molecule has 0 amide bonds. The van der Waals surface area contributed by atoms with Crippen molar-refractivity contribution in [1.82, 2.24) is 0 Å². The Bertz CT molecular complexity index is 397. The van der Waals surface area contributed by atoms with E-state index in [0.29, 0.717) is 5.56 Å². The van der Waals surface area contributed by atoms with Crippen molar-refractivity contribution < 1.29 is 23.1 Å². The van der Waals surface area contributed by atoms with Crippen LogP contribution >= 0.6 is 0 Å². The molecule has 0 bridgehead atoms. The largest absolute Gasteiger partial charge is 0.481 e. The SMILES string of the molecule is Cc1c(CCC(=O)O)cccc1C(F)(F)F. The third-order valence-corrected chi connectivity index (χ3v) is 2.36. The van der Waals surface area contributed by atoms with Crippen molar-refractivity contribution in [3.63, 3.8) is 0 Å². The number of aryl methyl sites for hydroxylation is 1. The second kappa shape index (κ2) is 4.55. The molecule has 0 saturated carbocycles. The van der Waals surface area contributed by atoms with E-state index in [4.69, 9.17) is 5.11 Å². The molecule has 1 aromatic carbocycles. The molecule has 0 heterocycles. The molecule has 0 unspecified atom stereocenters. The molecule has 2 nitrogen and oxygen atoms in total. The summed E-state index contributed by atoms with van der Waals surface area (Å²) < 4.78 is 37.5. The van der Waals surface area contributed by atoms with E-state index in [1.54, 1.807) is 0 Å². The van der Waals surface area contributed by atoms with E-state index in [1.165, 1.54) is 19.1 Å². The van der Waals surface area contributed by atoms with Gasteiger partial charge in [0.05, 0.1) is 5.56 Å². The van der Waals surface area contributed by atoms with Crippen LogP contribution in [0.1, 0.15) is 23.1 Å². The standard InChI is InChI=1S/C11H11F3O2/c1-7-8(5-6-10(15)16)3-2-4-9(7)11(12,13)14/h2-4H,5-6H2,1H3,(H,15,16). The van der Waals surface area contributed by atoms with Crippen LogP contribution < -0.4 is 0 Å². The van der Waals surface area contributed by atoms with Crippen molar-refractivity contribution in [2.45, 2.75) is 25.9 Å². The molecule has 5 heteroatoms. The Balaban J connectivity index is 3.00. The van der Waals surface area contributed by atoms with Gasteiger partial charge in [0.15, 0.2) is 0 Å². The summed E-state index contributed by atoms with van der Waals surface area (Å²) in [5.41, 5.74) is -0.163. The van der Waals surface area contributed by atoms with Crippen LogP contribution in [0.4, 0.5) is 13.2 Å². The average Bonchev–Trinajstić information content (AvgIpc) is 2.14. The average molecular weight is 232 g/mol. The van der Waals surface area contributed by atoms with E-state index in [0.717, 1.165) is 6.07 Å². The Hall–Kier alpha value is -1.52. The maximum atomic E-state index is 12.5. The summed E-state index contributed by atoms with van der Waals surface area (Å²) in [4.78, 5) is 10.3. The molecule has 16 heavy (non-hydrogen) atoms. The van der Waals surface area contributed by atoms with Gasteiger partial charge in [-0.15, -0.1) is 0 Å². The second-order valence-electron chi connectivity index (χ2n) is 3.48. The molecule has 0 atom stereocenters. The minimum atomic E-state index is -4.39. The highest BCUT2D eigenvalue weighted by molar-refractivity contribution is 5.67. The maximum absolute atomic E-state index is 12.5. The molecular formula is C11H11F3O2. The van der Waals surface area contributed by atoms with Gasteiger partial charge in [-0.25, -0.2) is 0 Å². The fraction of sp³-hybridized carbons (Fsp3) is 0.364. The van der Waals surface area contributed by atoms with Gasteiger partial charge in [0.2, 0.25) is 0 Å². The molecule has 0 aliphatic rings. The molecule has 0 spiro atoms. The first-order chi connectivity index (χ1) is 7.32. The normalized spacial score (nSPS) is 11.5. The van der Waals surface area contributed by atoms with Gasteiger partial charge >= 0.3 is 12.1 Å². The van der Waals surface area contributed by atoms with E-state index in [9.17, 15) is 18.0 Å². The van der Waals surface area contributed by atoms with Gasteiger partial charge in [0.25, 0.3) is 0 Å². The highest BCUT2D eigenvalue weighted by atomic mass is 19.4. The molecule has 1 aromatic rings. The molecule has 0 radical (unpaired) electrons. The fourth-order valence-electron chi connectivity index (χ4n) is 1.50. The first kappa shape index (κ1) is 12.5. The molecule has 88 valence electrons. The Morgan fingerprint density at radius 3 is 2.50 bits per heavy atom. The number of aliphatic carboxylic acids is 1. The van der Waals surface area contributed by atoms with Gasteiger partial charge in [-0.1, -0.05) is 12.1 Å². The minimum absolute atomic E-state index is 0.108. The Labute approximate surface area is 90.7 Å². The van der Waals surface area contributed by atoms with Gasteiger partial charge in [-0.3, -0.25) is 4.79 Å². The van der Waals surface area contributed by atoms with Crippen LogP contribution in [0.5, 0.6) is 0 Å². The van der Waals surface area contributed by atoms with E-state index >= 15 is 0 Å². The highest BCUT2D eigenvalue weighted by Gasteiger charge is 2.32. The lowest BCUT2D eigenvalue weighted by Gasteiger charge is -2.13. The molecular weight excluding hydrogens is 221 g/mol. The highest BCUT2D eigenvalue weighted by Crippen LogP contribution is 2.33. The van der Waals surface area contributed by atoms with Gasteiger partial charge in [0, 0.05) is 6.42 Å². The zero-order valence-corrected chi connectivity index (χ0v) is 8.64. The van der Waals surface area contributed by atoms with Crippen LogP contribution in [0.15, 0.2) is 18.2 Å². The van der Waals surface area contributed by atoms with Crippen LogP contribution in [0.2, 0.25) is 0 Å². The number of hydrogen-bond acceptors (Lipinski definition) is 1. The number of carbonyl (C=O) groups is 1. The van der Waals surface area contributed by atoms with E-state index < -0.39 is 17.7 Å². The lowest BCUT2D eigenvalue weighted by molar-refractivity contribution is -0.138. The number of hydrogen-bond donors (Lipinski definition) is 1. The lowest BCUT2D eigenvalue weighted by Crippen LogP contribution is -2.09. The van der Waals surface area contributed by atoms with Crippen molar-refractivity contribution in [1.29, 1.82) is 0 Å². The number of carboxylic acids is 1. The second-order valence-corrected chi connectivity index (χ2v) is 3.48. The van der Waals surface area contributed by atoms with Crippen LogP contribution in [-0.2, 0) is 17.4 Å². The van der Waals surface area contributed by atoms with Crippen molar-refractivity contribution in [3.05, 3.63) is 34.9 Å². The molecule has 0 aliphatic heterocycles. The molecule has 1 rings (SSSR count). The minimum Gasteiger partial charge on any atom is -0.481 e. The molecule has 0 aliphatic carbocycles. The fourth-order valence-corrected chi connectivity index (χ4v) is 1.50. The first-order valence-electron chi connectivity index (χ1n) is 4.70. The molecule has 0 saturated heterocycles. The summed E-state index contributed by atoms with van der Waals surface area (Å²) in [5.74, 6) is -1.02. The molecule has 0 fully saturated rings.